The molecule has 0 bridgehead atoms. The molecule has 0 heterocycles. The van der Waals surface area contributed by atoms with Crippen LogP contribution in [0.4, 0.5) is 0 Å². The molecule has 0 aliphatic rings. The highest BCUT2D eigenvalue weighted by atomic mass is 16.5. The lowest BCUT2D eigenvalue weighted by molar-refractivity contribution is 0.158. The van der Waals surface area contributed by atoms with Gasteiger partial charge in [-0.3, -0.25) is 0 Å². The monoisotopic (exact) mass is 138 g/mol. The first-order valence-corrected chi connectivity index (χ1v) is 3.32. The van der Waals surface area contributed by atoms with Crippen molar-refractivity contribution in [1.29, 1.82) is 0 Å². The first-order chi connectivity index (χ1) is 4.70. The lowest BCUT2D eigenvalue weighted by Crippen LogP contribution is -1.99. The zero-order valence-corrected chi connectivity index (χ0v) is 6.63. The molecule has 1 nitrogen and oxygen atoms in total. The average molecular weight is 138 g/mol. The van der Waals surface area contributed by atoms with E-state index in [0.29, 0.717) is 0 Å². The lowest BCUT2D eigenvalue weighted by Gasteiger charge is -2.08. The Hall–Kier alpha value is -0.980. The van der Waals surface area contributed by atoms with Crippen molar-refractivity contribution in [1.82, 2.24) is 0 Å². The van der Waals surface area contributed by atoms with Crippen molar-refractivity contribution < 1.29 is 4.74 Å². The van der Waals surface area contributed by atoms with E-state index in [0.717, 1.165) is 5.76 Å². The number of allylic oxidation sites excluding steroid dienone is 3. The molecule has 0 aliphatic carbocycles. The molecule has 1 heteroatoms. The number of ether oxygens (including phenoxy) is 1. The smallest absolute Gasteiger partial charge is 0.119 e. The van der Waals surface area contributed by atoms with Gasteiger partial charge in [0, 0.05) is 0 Å². The Labute approximate surface area is 62.7 Å². The lowest BCUT2D eigenvalue weighted by atomic mass is 10.4. The molecule has 0 N–H and O–H groups in total. The van der Waals surface area contributed by atoms with Gasteiger partial charge in [0.25, 0.3) is 0 Å². The van der Waals surface area contributed by atoms with Gasteiger partial charge in [-0.1, -0.05) is 19.2 Å². The molecule has 0 atom stereocenters. The molecule has 0 unspecified atom stereocenters. The molecule has 0 aromatic carbocycles. The molecule has 0 amide bonds. The van der Waals surface area contributed by atoms with Crippen molar-refractivity contribution in [2.24, 2.45) is 0 Å². The quantitative estimate of drug-likeness (QED) is 0.428. The second kappa shape index (κ2) is 4.86. The van der Waals surface area contributed by atoms with Crippen LogP contribution in [-0.2, 0) is 4.74 Å². The summed E-state index contributed by atoms with van der Waals surface area (Å²) < 4.78 is 5.31. The van der Waals surface area contributed by atoms with Crippen LogP contribution >= 0.6 is 0 Å². The van der Waals surface area contributed by atoms with Gasteiger partial charge in [0.05, 0.1) is 6.10 Å². The van der Waals surface area contributed by atoms with E-state index >= 15 is 0 Å². The Morgan fingerprint density at radius 3 is 2.30 bits per heavy atom. The van der Waals surface area contributed by atoms with Gasteiger partial charge < -0.3 is 4.74 Å². The normalized spacial score (nSPS) is 11.3. The summed E-state index contributed by atoms with van der Waals surface area (Å²) in [6, 6.07) is 0. The zero-order chi connectivity index (χ0) is 7.98. The fourth-order valence-electron chi connectivity index (χ4n) is 0.544. The van der Waals surface area contributed by atoms with Crippen LogP contribution < -0.4 is 0 Å². The molecule has 0 rings (SSSR count). The van der Waals surface area contributed by atoms with E-state index in [1.807, 2.05) is 13.8 Å². The minimum absolute atomic E-state index is 0.198. The molecule has 0 radical (unpaired) electrons. The van der Waals surface area contributed by atoms with Gasteiger partial charge in [-0.15, -0.1) is 0 Å². The van der Waals surface area contributed by atoms with Gasteiger partial charge in [-0.2, -0.15) is 0 Å². The average Bonchev–Trinajstić information content (AvgIpc) is 1.86. The summed E-state index contributed by atoms with van der Waals surface area (Å²) in [6.07, 6.45) is 5.33. The maximum atomic E-state index is 5.31. The molecule has 0 fully saturated rings. The number of rotatable bonds is 4. The predicted molar refractivity (Wildman–Crippen MR) is 44.7 cm³/mol. The number of hydrogen-bond donors (Lipinski definition) is 0. The summed E-state index contributed by atoms with van der Waals surface area (Å²) >= 11 is 0. The first-order valence-electron chi connectivity index (χ1n) is 3.32. The molecule has 0 aliphatic heterocycles. The minimum Gasteiger partial charge on any atom is -0.491 e. The highest BCUT2D eigenvalue weighted by Gasteiger charge is 1.93. The highest BCUT2D eigenvalue weighted by molar-refractivity contribution is 5.14. The van der Waals surface area contributed by atoms with Crippen molar-refractivity contribution in [3.8, 4) is 0 Å². The summed E-state index contributed by atoms with van der Waals surface area (Å²) in [5, 5.41) is 0. The Balaban J connectivity index is 3.95. The molecule has 56 valence electrons. The van der Waals surface area contributed by atoms with E-state index in [9.17, 15) is 0 Å². The van der Waals surface area contributed by atoms with E-state index in [1.54, 1.807) is 18.2 Å². The molecule has 0 aromatic rings. The van der Waals surface area contributed by atoms with Gasteiger partial charge in [0.2, 0.25) is 0 Å². The van der Waals surface area contributed by atoms with Crippen molar-refractivity contribution in [2.45, 2.75) is 20.0 Å². The van der Waals surface area contributed by atoms with Crippen molar-refractivity contribution in [2.75, 3.05) is 0 Å². The van der Waals surface area contributed by atoms with Gasteiger partial charge in [-0.25, -0.2) is 0 Å². The zero-order valence-electron chi connectivity index (χ0n) is 6.63. The fourth-order valence-corrected chi connectivity index (χ4v) is 0.544. The summed E-state index contributed by atoms with van der Waals surface area (Å²) in [5.41, 5.74) is 0. The van der Waals surface area contributed by atoms with E-state index < -0.39 is 0 Å². The van der Waals surface area contributed by atoms with E-state index in [1.165, 1.54) is 0 Å². The second-order valence-electron chi connectivity index (χ2n) is 2.18. The SMILES string of the molecule is C=C/C=C(\C=C)OC(C)C. The Bertz CT molecular complexity index is 143. The van der Waals surface area contributed by atoms with Crippen LogP contribution in [0.1, 0.15) is 13.8 Å². The Morgan fingerprint density at radius 1 is 1.40 bits per heavy atom. The van der Waals surface area contributed by atoms with Gasteiger partial charge in [0.15, 0.2) is 0 Å². The molecule has 10 heavy (non-hydrogen) atoms. The summed E-state index contributed by atoms with van der Waals surface area (Å²) in [7, 11) is 0. The second-order valence-corrected chi connectivity index (χ2v) is 2.18. The third-order valence-corrected chi connectivity index (χ3v) is 0.855. The third-order valence-electron chi connectivity index (χ3n) is 0.855. The molecule has 0 saturated heterocycles. The maximum absolute atomic E-state index is 5.31. The topological polar surface area (TPSA) is 9.23 Å². The van der Waals surface area contributed by atoms with Crippen LogP contribution in [0.25, 0.3) is 0 Å². The Kier molecular flexibility index (Phi) is 4.38. The Morgan fingerprint density at radius 2 is 2.00 bits per heavy atom. The van der Waals surface area contributed by atoms with Crippen LogP contribution in [0.2, 0.25) is 0 Å². The summed E-state index contributed by atoms with van der Waals surface area (Å²) in [6.45, 7) is 11.1. The molecular weight excluding hydrogens is 124 g/mol. The standard InChI is InChI=1S/C9H14O/c1-5-7-9(6-2)10-8(3)4/h5-8H,1-2H2,3-4H3/b9-7+. The third kappa shape index (κ3) is 3.96. The van der Waals surface area contributed by atoms with Gasteiger partial charge in [-0.05, 0) is 26.0 Å². The molecule has 0 spiro atoms. The van der Waals surface area contributed by atoms with Crippen LogP contribution in [0.3, 0.4) is 0 Å². The van der Waals surface area contributed by atoms with Crippen LogP contribution in [0.5, 0.6) is 0 Å². The summed E-state index contributed by atoms with van der Waals surface area (Å²) in [5.74, 6) is 0.769. The number of hydrogen-bond acceptors (Lipinski definition) is 1. The van der Waals surface area contributed by atoms with Crippen molar-refractivity contribution in [3.05, 3.63) is 37.1 Å². The minimum atomic E-state index is 0.198. The maximum Gasteiger partial charge on any atom is 0.119 e. The predicted octanol–water partition coefficient (Wildman–Crippen LogP) is 2.67. The van der Waals surface area contributed by atoms with E-state index in [2.05, 4.69) is 13.2 Å². The largest absolute Gasteiger partial charge is 0.491 e. The molecule has 0 aromatic heterocycles. The molecular formula is C9H14O. The van der Waals surface area contributed by atoms with Crippen LogP contribution in [0.15, 0.2) is 37.1 Å². The van der Waals surface area contributed by atoms with Crippen LogP contribution in [-0.4, -0.2) is 6.10 Å². The van der Waals surface area contributed by atoms with Crippen LogP contribution in [0, 0.1) is 0 Å². The van der Waals surface area contributed by atoms with Crippen molar-refractivity contribution in [3.63, 3.8) is 0 Å². The van der Waals surface area contributed by atoms with Gasteiger partial charge >= 0.3 is 0 Å². The first kappa shape index (κ1) is 9.02. The fraction of sp³-hybridized carbons (Fsp3) is 0.333. The molecule has 0 saturated carbocycles. The highest BCUT2D eigenvalue weighted by Crippen LogP contribution is 2.02. The van der Waals surface area contributed by atoms with Gasteiger partial charge in [0.1, 0.15) is 5.76 Å². The van der Waals surface area contributed by atoms with E-state index in [4.69, 9.17) is 4.74 Å². The van der Waals surface area contributed by atoms with E-state index in [-0.39, 0.29) is 6.10 Å². The van der Waals surface area contributed by atoms with Crippen molar-refractivity contribution >= 4 is 0 Å². The summed E-state index contributed by atoms with van der Waals surface area (Å²) in [4.78, 5) is 0.